The number of thiophene rings is 1. The van der Waals surface area contributed by atoms with Crippen molar-refractivity contribution in [2.75, 3.05) is 19.5 Å². The molecule has 3 aromatic heterocycles. The van der Waals surface area contributed by atoms with Crippen LogP contribution in [-0.2, 0) is 11.3 Å². The van der Waals surface area contributed by atoms with Crippen LogP contribution >= 0.6 is 27.3 Å². The van der Waals surface area contributed by atoms with E-state index < -0.39 is 0 Å². The first-order valence-electron chi connectivity index (χ1n) is 10.4. The maximum absolute atomic E-state index is 13.8. The summed E-state index contributed by atoms with van der Waals surface area (Å²) in [6, 6.07) is 11.4. The lowest BCUT2D eigenvalue weighted by Gasteiger charge is -2.31. The molecular weight excluding hydrogens is 490 g/mol. The smallest absolute Gasteiger partial charge is 0.254 e. The number of hydrogen-bond donors (Lipinski definition) is 1. The highest BCUT2D eigenvalue weighted by Crippen LogP contribution is 2.37. The van der Waals surface area contributed by atoms with E-state index in [1.54, 1.807) is 18.4 Å². The van der Waals surface area contributed by atoms with E-state index in [9.17, 15) is 4.79 Å². The number of benzene rings is 1. The minimum atomic E-state index is -0.0502. The van der Waals surface area contributed by atoms with Crippen LogP contribution < -0.4 is 5.73 Å². The van der Waals surface area contributed by atoms with Crippen molar-refractivity contribution in [2.45, 2.75) is 25.4 Å². The lowest BCUT2D eigenvalue weighted by atomic mass is 10.0. The third-order valence-corrected chi connectivity index (χ3v) is 7.22. The topological polar surface area (TPSA) is 94.2 Å². The molecule has 32 heavy (non-hydrogen) atoms. The van der Waals surface area contributed by atoms with Crippen molar-refractivity contribution in [3.05, 3.63) is 57.6 Å². The molecule has 0 spiro atoms. The third-order valence-electron chi connectivity index (χ3n) is 5.86. The zero-order valence-electron chi connectivity index (χ0n) is 17.5. The number of methoxy groups -OCH3 is 1. The molecule has 0 unspecified atom stereocenters. The molecule has 2 N–H and O–H groups in total. The summed E-state index contributed by atoms with van der Waals surface area (Å²) in [5.74, 6) is 0.907. The Kier molecular flexibility index (Phi) is 5.79. The van der Waals surface area contributed by atoms with Gasteiger partial charge in [0, 0.05) is 23.4 Å². The molecule has 0 saturated heterocycles. The number of anilines is 1. The average Bonchev–Trinajstić information content (AvgIpc) is 3.51. The number of amides is 1. The first kappa shape index (κ1) is 21.2. The van der Waals surface area contributed by atoms with E-state index in [0.717, 1.165) is 39.5 Å². The van der Waals surface area contributed by atoms with E-state index >= 15 is 0 Å². The molecule has 1 saturated carbocycles. The fourth-order valence-corrected chi connectivity index (χ4v) is 5.15. The lowest BCUT2D eigenvalue weighted by Crippen LogP contribution is -2.44. The van der Waals surface area contributed by atoms with Gasteiger partial charge in [0.15, 0.2) is 0 Å². The second-order valence-corrected chi connectivity index (χ2v) is 9.76. The molecule has 1 aliphatic rings. The highest BCUT2D eigenvalue weighted by molar-refractivity contribution is 9.10. The predicted molar refractivity (Wildman–Crippen MR) is 130 cm³/mol. The molecule has 4 aromatic rings. The van der Waals surface area contributed by atoms with Crippen LogP contribution in [0, 0.1) is 5.92 Å². The molecule has 1 fully saturated rings. The van der Waals surface area contributed by atoms with E-state index in [2.05, 4.69) is 31.1 Å². The second kappa shape index (κ2) is 8.73. The van der Waals surface area contributed by atoms with Crippen LogP contribution in [-0.4, -0.2) is 45.7 Å². The number of pyridine rings is 1. The van der Waals surface area contributed by atoms with Crippen molar-refractivity contribution in [3.63, 3.8) is 0 Å². The van der Waals surface area contributed by atoms with Gasteiger partial charge in [-0.3, -0.25) is 4.79 Å². The Morgan fingerprint density at radius 3 is 2.81 bits per heavy atom. The largest absolute Gasteiger partial charge is 0.383 e. The number of halogens is 1. The molecule has 0 aliphatic heterocycles. The number of rotatable bonds is 7. The first-order chi connectivity index (χ1) is 15.5. The van der Waals surface area contributed by atoms with E-state index in [1.807, 2.05) is 46.7 Å². The Labute approximate surface area is 197 Å². The molecule has 1 amide bonds. The number of hydrogen-bond acceptors (Lipinski definition) is 7. The van der Waals surface area contributed by atoms with Crippen LogP contribution in [0.1, 0.15) is 28.9 Å². The molecule has 5 rings (SSSR count). The van der Waals surface area contributed by atoms with E-state index in [0.29, 0.717) is 35.1 Å². The Morgan fingerprint density at radius 2 is 2.09 bits per heavy atom. The van der Waals surface area contributed by atoms with Crippen LogP contribution in [0.5, 0.6) is 0 Å². The summed E-state index contributed by atoms with van der Waals surface area (Å²) in [4.78, 5) is 20.2. The molecule has 9 heteroatoms. The molecular formula is C23H22BrN5O2S. The van der Waals surface area contributed by atoms with Crippen molar-refractivity contribution < 1.29 is 9.53 Å². The monoisotopic (exact) mass is 511 g/mol. The molecule has 164 valence electrons. The normalized spacial score (nSPS) is 14.7. The van der Waals surface area contributed by atoms with Gasteiger partial charge in [-0.05, 0) is 76.5 Å². The summed E-state index contributed by atoms with van der Waals surface area (Å²) in [7, 11) is 1.68. The van der Waals surface area contributed by atoms with Crippen molar-refractivity contribution in [1.82, 2.24) is 20.1 Å². The van der Waals surface area contributed by atoms with Gasteiger partial charge < -0.3 is 15.4 Å². The minimum Gasteiger partial charge on any atom is -0.383 e. The summed E-state index contributed by atoms with van der Waals surface area (Å²) >= 11 is 4.88. The maximum Gasteiger partial charge on any atom is 0.254 e. The summed E-state index contributed by atoms with van der Waals surface area (Å²) in [6.45, 7) is 0.857. The number of nitrogens with two attached hydrogens (primary N) is 1. The van der Waals surface area contributed by atoms with Crippen LogP contribution in [0.4, 0.5) is 5.82 Å². The minimum absolute atomic E-state index is 0.0145. The number of carbonyl (C=O) groups is 1. The zero-order valence-corrected chi connectivity index (χ0v) is 19.9. The van der Waals surface area contributed by atoms with Gasteiger partial charge in [0.2, 0.25) is 0 Å². The van der Waals surface area contributed by atoms with Gasteiger partial charge in [-0.2, -0.15) is 5.10 Å². The fourth-order valence-electron chi connectivity index (χ4n) is 4.12. The van der Waals surface area contributed by atoms with Gasteiger partial charge in [0.1, 0.15) is 10.4 Å². The summed E-state index contributed by atoms with van der Waals surface area (Å²) < 4.78 is 7.11. The number of nitrogen functional groups attached to an aromatic ring is 1. The Hall–Kier alpha value is -2.62. The predicted octanol–water partition coefficient (Wildman–Crippen LogP) is 4.65. The van der Waals surface area contributed by atoms with Crippen LogP contribution in [0.15, 0.2) is 46.4 Å². The number of carbonyl (C=O) groups excluding carboxylic acids is 1. The quantitative estimate of drug-likeness (QED) is 0.388. The van der Waals surface area contributed by atoms with Crippen molar-refractivity contribution in [3.8, 4) is 0 Å². The number of nitrogens with zero attached hydrogens (tertiary/aromatic N) is 4. The summed E-state index contributed by atoms with van der Waals surface area (Å²) in [6.07, 6.45) is 2.19. The molecule has 0 bridgehead atoms. The first-order valence-corrected chi connectivity index (χ1v) is 12.1. The Balaban J connectivity index is 1.55. The van der Waals surface area contributed by atoms with Crippen LogP contribution in [0.2, 0.25) is 0 Å². The molecule has 0 radical (unpaired) electrons. The molecule has 3 heterocycles. The van der Waals surface area contributed by atoms with Crippen LogP contribution in [0.3, 0.4) is 0 Å². The van der Waals surface area contributed by atoms with E-state index in [-0.39, 0.29) is 11.9 Å². The van der Waals surface area contributed by atoms with E-state index in [1.165, 1.54) is 0 Å². The Bertz CT molecular complexity index is 1290. The lowest BCUT2D eigenvalue weighted by molar-refractivity contribution is 0.0454. The fraction of sp³-hybridized carbons (Fsp3) is 0.304. The third kappa shape index (κ3) is 4.07. The molecule has 1 aromatic carbocycles. The molecule has 1 atom stereocenters. The van der Waals surface area contributed by atoms with Gasteiger partial charge in [-0.15, -0.1) is 16.4 Å². The van der Waals surface area contributed by atoms with Crippen molar-refractivity contribution in [2.24, 2.45) is 5.92 Å². The number of ether oxygens (including phenoxy) is 1. The highest BCUT2D eigenvalue weighted by atomic mass is 79.9. The van der Waals surface area contributed by atoms with Gasteiger partial charge in [-0.25, -0.2) is 4.98 Å². The van der Waals surface area contributed by atoms with Gasteiger partial charge in [0.05, 0.1) is 35.1 Å². The molecule has 7 nitrogen and oxygen atoms in total. The van der Waals surface area contributed by atoms with Gasteiger partial charge in [0.25, 0.3) is 5.91 Å². The maximum atomic E-state index is 13.8. The van der Waals surface area contributed by atoms with Gasteiger partial charge in [-0.1, -0.05) is 0 Å². The van der Waals surface area contributed by atoms with Crippen molar-refractivity contribution in [1.29, 1.82) is 0 Å². The molecule has 1 aliphatic carbocycles. The summed E-state index contributed by atoms with van der Waals surface area (Å²) in [5.41, 5.74) is 8.25. The standard InChI is InChI=1S/C23H22BrN5O2S/c1-31-12-19(13-2-3-13)29(11-15-5-7-20(24)28-27-15)23(30)14-4-6-18-17(10-14)16-8-9-32-21(16)22(25)26-18/h4-10,13,19H,2-3,11-12H2,1H3,(H2,25,26)/t19-/m0/s1. The Morgan fingerprint density at radius 1 is 1.25 bits per heavy atom. The number of fused-ring (bicyclic) bond motifs is 3. The highest BCUT2D eigenvalue weighted by Gasteiger charge is 2.38. The van der Waals surface area contributed by atoms with Crippen LogP contribution in [0.25, 0.3) is 21.0 Å². The SMILES string of the molecule is COC[C@@H](C1CC1)N(Cc1ccc(Br)nn1)C(=O)c1ccc2nc(N)c3sccc3c2c1. The van der Waals surface area contributed by atoms with E-state index in [4.69, 9.17) is 10.5 Å². The average molecular weight is 512 g/mol. The number of aromatic nitrogens is 3. The zero-order chi connectivity index (χ0) is 22.2. The summed E-state index contributed by atoms with van der Waals surface area (Å²) in [5, 5.41) is 12.3. The van der Waals surface area contributed by atoms with Gasteiger partial charge >= 0.3 is 0 Å². The van der Waals surface area contributed by atoms with Crippen molar-refractivity contribution >= 4 is 60.0 Å². The second-order valence-electron chi connectivity index (χ2n) is 8.03.